The summed E-state index contributed by atoms with van der Waals surface area (Å²) in [5.74, 6) is 0.757. The van der Waals surface area contributed by atoms with E-state index >= 15 is 0 Å². The molecule has 1 aromatic heterocycles. The maximum Gasteiger partial charge on any atom is 0.0410 e. The van der Waals surface area contributed by atoms with Gasteiger partial charge in [0.05, 0.1) is 0 Å². The quantitative estimate of drug-likeness (QED) is 0.820. The minimum atomic E-state index is 0.757. The molecule has 0 spiro atoms. The van der Waals surface area contributed by atoms with E-state index in [2.05, 4.69) is 15.3 Å². The summed E-state index contributed by atoms with van der Waals surface area (Å²) in [7, 11) is 0. The van der Waals surface area contributed by atoms with Crippen molar-refractivity contribution in [3.05, 3.63) is 17.1 Å². The summed E-state index contributed by atoms with van der Waals surface area (Å²) < 4.78 is 4.11. The van der Waals surface area contributed by atoms with Gasteiger partial charge in [0.2, 0.25) is 0 Å². The molecular formula is C10H17N3S. The van der Waals surface area contributed by atoms with E-state index in [4.69, 9.17) is 5.73 Å². The fourth-order valence-corrected chi connectivity index (χ4v) is 2.54. The van der Waals surface area contributed by atoms with Crippen molar-refractivity contribution in [2.75, 3.05) is 19.6 Å². The molecule has 3 nitrogen and oxygen atoms in total. The van der Waals surface area contributed by atoms with Gasteiger partial charge in [-0.2, -0.15) is 0 Å². The Labute approximate surface area is 89.1 Å². The van der Waals surface area contributed by atoms with E-state index in [-0.39, 0.29) is 0 Å². The molecule has 0 aromatic carbocycles. The molecule has 2 N–H and O–H groups in total. The Morgan fingerprint density at radius 3 is 2.86 bits per heavy atom. The topological polar surface area (TPSA) is 42.1 Å². The van der Waals surface area contributed by atoms with Crippen molar-refractivity contribution in [2.45, 2.75) is 19.4 Å². The highest BCUT2D eigenvalue weighted by Crippen LogP contribution is 2.18. The van der Waals surface area contributed by atoms with Crippen LogP contribution in [0.2, 0.25) is 0 Å². The van der Waals surface area contributed by atoms with Crippen LogP contribution in [0.15, 0.2) is 12.3 Å². The van der Waals surface area contributed by atoms with Gasteiger partial charge < -0.3 is 5.73 Å². The molecule has 2 heterocycles. The predicted octanol–water partition coefficient (Wildman–Crippen LogP) is 1.31. The summed E-state index contributed by atoms with van der Waals surface area (Å²) in [4.78, 5) is 3.87. The lowest BCUT2D eigenvalue weighted by Crippen LogP contribution is -2.35. The van der Waals surface area contributed by atoms with Crippen molar-refractivity contribution >= 4 is 11.5 Å². The minimum Gasteiger partial charge on any atom is -0.330 e. The van der Waals surface area contributed by atoms with Crippen LogP contribution in [0, 0.1) is 5.92 Å². The lowest BCUT2D eigenvalue weighted by Gasteiger charge is -2.30. The third-order valence-corrected chi connectivity index (χ3v) is 3.64. The maximum absolute atomic E-state index is 5.66. The molecule has 4 heteroatoms. The SMILES string of the molecule is NCC1CCN(Cc2ccns2)CC1. The number of nitrogens with zero attached hydrogens (tertiary/aromatic N) is 2. The molecule has 1 aliphatic heterocycles. The maximum atomic E-state index is 5.66. The van der Waals surface area contributed by atoms with Crippen LogP contribution in [0.3, 0.4) is 0 Å². The van der Waals surface area contributed by atoms with Crippen molar-refractivity contribution in [3.8, 4) is 0 Å². The fourth-order valence-electron chi connectivity index (χ4n) is 1.92. The number of hydrogen-bond donors (Lipinski definition) is 1. The van der Waals surface area contributed by atoms with Gasteiger partial charge in [-0.3, -0.25) is 4.90 Å². The summed E-state index contributed by atoms with van der Waals surface area (Å²) in [6, 6.07) is 2.11. The summed E-state index contributed by atoms with van der Waals surface area (Å²) in [6.07, 6.45) is 4.40. The van der Waals surface area contributed by atoms with E-state index in [1.54, 1.807) is 11.5 Å². The molecule has 78 valence electrons. The Hall–Kier alpha value is -0.450. The molecule has 1 fully saturated rings. The first-order valence-corrected chi connectivity index (χ1v) is 5.98. The molecule has 0 unspecified atom stereocenters. The monoisotopic (exact) mass is 211 g/mol. The number of hydrogen-bond acceptors (Lipinski definition) is 4. The van der Waals surface area contributed by atoms with Gasteiger partial charge in [0.1, 0.15) is 0 Å². The van der Waals surface area contributed by atoms with Crippen LogP contribution in [0.25, 0.3) is 0 Å². The van der Waals surface area contributed by atoms with Gasteiger partial charge in [0.25, 0.3) is 0 Å². The Morgan fingerprint density at radius 1 is 1.50 bits per heavy atom. The largest absolute Gasteiger partial charge is 0.330 e. The van der Waals surface area contributed by atoms with E-state index in [0.29, 0.717) is 0 Å². The lowest BCUT2D eigenvalue weighted by molar-refractivity contribution is 0.182. The zero-order valence-electron chi connectivity index (χ0n) is 8.35. The van der Waals surface area contributed by atoms with Gasteiger partial charge in [-0.25, -0.2) is 4.37 Å². The van der Waals surface area contributed by atoms with Crippen LogP contribution in [0.5, 0.6) is 0 Å². The van der Waals surface area contributed by atoms with E-state index in [9.17, 15) is 0 Å². The van der Waals surface area contributed by atoms with Crippen molar-refractivity contribution in [1.82, 2.24) is 9.27 Å². The molecule has 2 rings (SSSR count). The Morgan fingerprint density at radius 2 is 2.29 bits per heavy atom. The third kappa shape index (κ3) is 2.53. The average Bonchev–Trinajstić information content (AvgIpc) is 2.72. The molecule has 0 aliphatic carbocycles. The van der Waals surface area contributed by atoms with Crippen molar-refractivity contribution < 1.29 is 0 Å². The Bertz CT molecular complexity index is 252. The van der Waals surface area contributed by atoms with Crippen molar-refractivity contribution in [1.29, 1.82) is 0 Å². The first-order valence-electron chi connectivity index (χ1n) is 5.20. The molecule has 1 saturated heterocycles. The molecule has 0 atom stereocenters. The lowest BCUT2D eigenvalue weighted by atomic mass is 9.97. The van der Waals surface area contributed by atoms with E-state index in [0.717, 1.165) is 19.0 Å². The Kier molecular flexibility index (Phi) is 3.50. The van der Waals surface area contributed by atoms with Crippen LogP contribution < -0.4 is 5.73 Å². The first-order chi connectivity index (χ1) is 6.88. The molecule has 0 saturated carbocycles. The highest BCUT2D eigenvalue weighted by molar-refractivity contribution is 7.05. The molecule has 0 amide bonds. The second-order valence-corrected chi connectivity index (χ2v) is 4.85. The van der Waals surface area contributed by atoms with E-state index in [1.807, 2.05) is 6.20 Å². The zero-order chi connectivity index (χ0) is 9.80. The Balaban J connectivity index is 1.79. The summed E-state index contributed by atoms with van der Waals surface area (Å²) >= 11 is 1.61. The number of nitrogens with two attached hydrogens (primary N) is 1. The second-order valence-electron chi connectivity index (χ2n) is 3.93. The number of rotatable bonds is 3. The molecule has 1 aromatic rings. The summed E-state index contributed by atoms with van der Waals surface area (Å²) in [5, 5.41) is 0. The smallest absolute Gasteiger partial charge is 0.0410 e. The fraction of sp³-hybridized carbons (Fsp3) is 0.700. The number of piperidine rings is 1. The molecular weight excluding hydrogens is 194 g/mol. The summed E-state index contributed by atoms with van der Waals surface area (Å²) in [5.41, 5.74) is 5.66. The molecule has 1 aliphatic rings. The number of aromatic nitrogens is 1. The van der Waals surface area contributed by atoms with E-state index in [1.165, 1.54) is 30.8 Å². The predicted molar refractivity (Wildman–Crippen MR) is 59.2 cm³/mol. The van der Waals surface area contributed by atoms with Gasteiger partial charge in [0, 0.05) is 17.6 Å². The molecule has 0 bridgehead atoms. The second kappa shape index (κ2) is 4.87. The van der Waals surface area contributed by atoms with Gasteiger partial charge in [-0.15, -0.1) is 0 Å². The first kappa shape index (κ1) is 10.1. The van der Waals surface area contributed by atoms with Crippen molar-refractivity contribution in [3.63, 3.8) is 0 Å². The molecule has 14 heavy (non-hydrogen) atoms. The van der Waals surface area contributed by atoms with Crippen LogP contribution in [-0.4, -0.2) is 28.9 Å². The standard InChI is InChI=1S/C10H17N3S/c11-7-9-2-5-13(6-3-9)8-10-1-4-12-14-10/h1,4,9H,2-3,5-8,11H2. The average molecular weight is 211 g/mol. The summed E-state index contributed by atoms with van der Waals surface area (Å²) in [6.45, 7) is 4.32. The van der Waals surface area contributed by atoms with Crippen LogP contribution in [0.1, 0.15) is 17.7 Å². The van der Waals surface area contributed by atoms with Crippen molar-refractivity contribution in [2.24, 2.45) is 11.7 Å². The number of likely N-dealkylation sites (tertiary alicyclic amines) is 1. The highest BCUT2D eigenvalue weighted by atomic mass is 32.1. The van der Waals surface area contributed by atoms with Gasteiger partial charge >= 0.3 is 0 Å². The highest BCUT2D eigenvalue weighted by Gasteiger charge is 2.17. The molecule has 0 radical (unpaired) electrons. The normalized spacial score (nSPS) is 20.1. The zero-order valence-corrected chi connectivity index (χ0v) is 9.17. The van der Waals surface area contributed by atoms with Crippen LogP contribution in [0.4, 0.5) is 0 Å². The third-order valence-electron chi connectivity index (χ3n) is 2.91. The van der Waals surface area contributed by atoms with Gasteiger partial charge in [-0.05, 0) is 56.0 Å². The van der Waals surface area contributed by atoms with Gasteiger partial charge in [0.15, 0.2) is 0 Å². The van der Waals surface area contributed by atoms with Crippen LogP contribution >= 0.6 is 11.5 Å². The van der Waals surface area contributed by atoms with Gasteiger partial charge in [-0.1, -0.05) is 0 Å². The van der Waals surface area contributed by atoms with Crippen LogP contribution in [-0.2, 0) is 6.54 Å². The van der Waals surface area contributed by atoms with E-state index < -0.39 is 0 Å². The minimum absolute atomic E-state index is 0.757.